The SMILES string of the molecule is CC(NC(=O)CCC(=O)Nc1ccc(C#N)cc1)C(=O)O. The van der Waals surface area contributed by atoms with Gasteiger partial charge in [0.15, 0.2) is 0 Å². The number of carbonyl (C=O) groups excluding carboxylic acids is 2. The molecule has 0 aliphatic rings. The van der Waals surface area contributed by atoms with Crippen LogP contribution in [0.1, 0.15) is 25.3 Å². The van der Waals surface area contributed by atoms with E-state index in [9.17, 15) is 14.4 Å². The van der Waals surface area contributed by atoms with E-state index in [-0.39, 0.29) is 18.7 Å². The van der Waals surface area contributed by atoms with Gasteiger partial charge in [0.2, 0.25) is 11.8 Å². The summed E-state index contributed by atoms with van der Waals surface area (Å²) in [6.45, 7) is 1.34. The molecule has 1 aromatic carbocycles. The van der Waals surface area contributed by atoms with Crippen molar-refractivity contribution < 1.29 is 19.5 Å². The first kappa shape index (κ1) is 16.2. The van der Waals surface area contributed by atoms with Crippen molar-refractivity contribution >= 4 is 23.5 Å². The second-order valence-electron chi connectivity index (χ2n) is 4.36. The summed E-state index contributed by atoms with van der Waals surface area (Å²) in [5.74, 6) is -2.00. The molecule has 0 bridgehead atoms. The Bertz CT molecular complexity index is 575. The first-order chi connectivity index (χ1) is 9.92. The fraction of sp³-hybridized carbons (Fsp3) is 0.286. The van der Waals surface area contributed by atoms with Crippen LogP contribution in [-0.4, -0.2) is 28.9 Å². The molecule has 1 aromatic rings. The van der Waals surface area contributed by atoms with Crippen molar-refractivity contribution in [3.8, 4) is 6.07 Å². The molecule has 7 heteroatoms. The number of carboxylic acids is 1. The van der Waals surface area contributed by atoms with E-state index < -0.39 is 17.9 Å². The van der Waals surface area contributed by atoms with Crippen LogP contribution in [0.2, 0.25) is 0 Å². The molecule has 1 rings (SSSR count). The zero-order valence-corrected chi connectivity index (χ0v) is 11.4. The molecule has 1 unspecified atom stereocenters. The highest BCUT2D eigenvalue weighted by molar-refractivity contribution is 5.93. The van der Waals surface area contributed by atoms with Gasteiger partial charge in [-0.2, -0.15) is 5.26 Å². The monoisotopic (exact) mass is 289 g/mol. The quantitative estimate of drug-likeness (QED) is 0.717. The van der Waals surface area contributed by atoms with E-state index in [1.54, 1.807) is 24.3 Å². The highest BCUT2D eigenvalue weighted by Crippen LogP contribution is 2.09. The maximum absolute atomic E-state index is 11.6. The van der Waals surface area contributed by atoms with Crippen molar-refractivity contribution in [2.75, 3.05) is 5.32 Å². The van der Waals surface area contributed by atoms with Crippen molar-refractivity contribution in [3.63, 3.8) is 0 Å². The van der Waals surface area contributed by atoms with Crippen LogP contribution < -0.4 is 10.6 Å². The third kappa shape index (κ3) is 5.74. The molecule has 110 valence electrons. The molecule has 2 amide bonds. The fourth-order valence-electron chi connectivity index (χ4n) is 1.45. The van der Waals surface area contributed by atoms with Gasteiger partial charge in [-0.15, -0.1) is 0 Å². The lowest BCUT2D eigenvalue weighted by atomic mass is 10.2. The molecule has 0 radical (unpaired) electrons. The smallest absolute Gasteiger partial charge is 0.325 e. The molecule has 21 heavy (non-hydrogen) atoms. The van der Waals surface area contributed by atoms with Gasteiger partial charge in [0.25, 0.3) is 0 Å². The summed E-state index contributed by atoms with van der Waals surface area (Å²) in [5.41, 5.74) is 1.01. The summed E-state index contributed by atoms with van der Waals surface area (Å²) in [6.07, 6.45) is -0.155. The van der Waals surface area contributed by atoms with Crippen LogP contribution in [0, 0.1) is 11.3 Å². The van der Waals surface area contributed by atoms with Crippen molar-refractivity contribution in [1.82, 2.24) is 5.32 Å². The minimum absolute atomic E-state index is 0.0574. The van der Waals surface area contributed by atoms with Crippen LogP contribution in [0.3, 0.4) is 0 Å². The number of nitrogens with zero attached hydrogens (tertiary/aromatic N) is 1. The standard InChI is InChI=1S/C14H15N3O4/c1-9(14(20)21)16-12(18)6-7-13(19)17-11-4-2-10(8-15)3-5-11/h2-5,9H,6-7H2,1H3,(H,16,18)(H,17,19)(H,20,21). The minimum atomic E-state index is -1.13. The lowest BCUT2D eigenvalue weighted by molar-refractivity contribution is -0.141. The number of anilines is 1. The number of amides is 2. The topological polar surface area (TPSA) is 119 Å². The second kappa shape index (κ2) is 7.65. The predicted molar refractivity (Wildman–Crippen MR) is 74.3 cm³/mol. The van der Waals surface area contributed by atoms with E-state index in [2.05, 4.69) is 10.6 Å². The van der Waals surface area contributed by atoms with E-state index in [1.807, 2.05) is 6.07 Å². The molecule has 0 aromatic heterocycles. The Hall–Kier alpha value is -2.88. The van der Waals surface area contributed by atoms with Crippen LogP contribution in [-0.2, 0) is 14.4 Å². The largest absolute Gasteiger partial charge is 0.480 e. The summed E-state index contributed by atoms with van der Waals surface area (Å²) >= 11 is 0. The predicted octanol–water partition coefficient (Wildman–Crippen LogP) is 0.866. The van der Waals surface area contributed by atoms with Gasteiger partial charge in [0.1, 0.15) is 6.04 Å². The zero-order valence-electron chi connectivity index (χ0n) is 11.4. The lowest BCUT2D eigenvalue weighted by Crippen LogP contribution is -2.38. The molecular formula is C14H15N3O4. The van der Waals surface area contributed by atoms with Crippen LogP contribution in [0.4, 0.5) is 5.69 Å². The molecule has 0 heterocycles. The third-order valence-electron chi connectivity index (χ3n) is 2.62. The van der Waals surface area contributed by atoms with E-state index in [0.717, 1.165) is 0 Å². The van der Waals surface area contributed by atoms with Crippen molar-refractivity contribution in [1.29, 1.82) is 5.26 Å². The summed E-state index contributed by atoms with van der Waals surface area (Å²) in [6, 6.07) is 7.28. The van der Waals surface area contributed by atoms with Gasteiger partial charge >= 0.3 is 5.97 Å². The molecule has 0 fully saturated rings. The molecule has 0 aliphatic carbocycles. The summed E-state index contributed by atoms with van der Waals surface area (Å²) in [4.78, 5) is 33.6. The number of carboxylic acid groups (broad SMARTS) is 1. The second-order valence-corrected chi connectivity index (χ2v) is 4.36. The van der Waals surface area contributed by atoms with Gasteiger partial charge in [0, 0.05) is 18.5 Å². The van der Waals surface area contributed by atoms with Gasteiger partial charge in [-0.3, -0.25) is 14.4 Å². The van der Waals surface area contributed by atoms with Crippen molar-refractivity contribution in [3.05, 3.63) is 29.8 Å². The van der Waals surface area contributed by atoms with Gasteiger partial charge in [-0.1, -0.05) is 0 Å². The first-order valence-corrected chi connectivity index (χ1v) is 6.24. The Morgan fingerprint density at radius 2 is 1.76 bits per heavy atom. The van der Waals surface area contributed by atoms with Crippen LogP contribution >= 0.6 is 0 Å². The summed E-state index contributed by atoms with van der Waals surface area (Å²) in [7, 11) is 0. The number of benzene rings is 1. The minimum Gasteiger partial charge on any atom is -0.480 e. The maximum atomic E-state index is 11.6. The summed E-state index contributed by atoms with van der Waals surface area (Å²) < 4.78 is 0. The lowest BCUT2D eigenvalue weighted by Gasteiger charge is -2.09. The number of hydrogen-bond donors (Lipinski definition) is 3. The molecule has 0 saturated carbocycles. The average molecular weight is 289 g/mol. The number of nitriles is 1. The Balaban J connectivity index is 2.38. The molecule has 1 atom stereocenters. The van der Waals surface area contributed by atoms with Gasteiger partial charge < -0.3 is 15.7 Å². The van der Waals surface area contributed by atoms with E-state index >= 15 is 0 Å². The van der Waals surface area contributed by atoms with E-state index in [0.29, 0.717) is 11.3 Å². The van der Waals surface area contributed by atoms with Gasteiger partial charge in [-0.05, 0) is 31.2 Å². The Kier molecular flexibility index (Phi) is 5.89. The molecule has 7 nitrogen and oxygen atoms in total. The highest BCUT2D eigenvalue weighted by Gasteiger charge is 2.14. The Morgan fingerprint density at radius 1 is 1.19 bits per heavy atom. The number of hydrogen-bond acceptors (Lipinski definition) is 4. The third-order valence-corrected chi connectivity index (χ3v) is 2.62. The van der Waals surface area contributed by atoms with E-state index in [4.69, 9.17) is 10.4 Å². The first-order valence-electron chi connectivity index (χ1n) is 6.24. The Morgan fingerprint density at radius 3 is 2.29 bits per heavy atom. The van der Waals surface area contributed by atoms with Crippen molar-refractivity contribution in [2.24, 2.45) is 0 Å². The van der Waals surface area contributed by atoms with Gasteiger partial charge in [-0.25, -0.2) is 0 Å². The van der Waals surface area contributed by atoms with Crippen LogP contribution in [0.5, 0.6) is 0 Å². The number of carbonyl (C=O) groups is 3. The fourth-order valence-corrected chi connectivity index (χ4v) is 1.45. The highest BCUT2D eigenvalue weighted by atomic mass is 16.4. The molecule has 3 N–H and O–H groups in total. The molecular weight excluding hydrogens is 274 g/mol. The van der Waals surface area contributed by atoms with E-state index in [1.165, 1.54) is 6.92 Å². The zero-order chi connectivity index (χ0) is 15.8. The number of aliphatic carboxylic acids is 1. The Labute approximate surface area is 121 Å². The molecule has 0 aliphatic heterocycles. The number of rotatable bonds is 6. The van der Waals surface area contributed by atoms with Crippen LogP contribution in [0.25, 0.3) is 0 Å². The normalized spacial score (nSPS) is 11.0. The van der Waals surface area contributed by atoms with Crippen molar-refractivity contribution in [2.45, 2.75) is 25.8 Å². The summed E-state index contributed by atoms with van der Waals surface area (Å²) in [5, 5.41) is 22.1. The molecule has 0 spiro atoms. The van der Waals surface area contributed by atoms with Crippen LogP contribution in [0.15, 0.2) is 24.3 Å². The van der Waals surface area contributed by atoms with Gasteiger partial charge in [0.05, 0.1) is 11.6 Å². The molecule has 0 saturated heterocycles. The maximum Gasteiger partial charge on any atom is 0.325 e. The average Bonchev–Trinajstić information content (AvgIpc) is 2.45. The number of nitrogens with one attached hydrogen (secondary N) is 2.